The fraction of sp³-hybridized carbons (Fsp3) is 0.350. The Hall–Kier alpha value is -2.36. The topological polar surface area (TPSA) is 75.8 Å². The maximum absolute atomic E-state index is 5.55. The molecule has 148 valence electrons. The molecule has 0 unspecified atom stereocenters. The van der Waals surface area contributed by atoms with Gasteiger partial charge in [0.05, 0.1) is 13.7 Å². The molecular weight excluding hydrogens is 467 g/mol. The summed E-state index contributed by atoms with van der Waals surface area (Å²) in [6, 6.07) is 14.1. The smallest absolute Gasteiger partial charge is 0.191 e. The Bertz CT molecular complexity index is 966. The van der Waals surface area contributed by atoms with Crippen molar-refractivity contribution in [1.82, 2.24) is 25.2 Å². The SMILES string of the molecule is CN=C(NCc1nnc2ccccn12)NCC1(c2ccccc2OC)CC1.I. The monoisotopic (exact) mass is 492 g/mol. The molecule has 3 aromatic rings. The highest BCUT2D eigenvalue weighted by Gasteiger charge is 2.46. The fourth-order valence-electron chi connectivity index (χ4n) is 3.42. The first-order chi connectivity index (χ1) is 13.3. The zero-order chi connectivity index (χ0) is 18.7. The van der Waals surface area contributed by atoms with Gasteiger partial charge in [0.2, 0.25) is 0 Å². The third-order valence-electron chi connectivity index (χ3n) is 5.15. The number of hydrogen-bond acceptors (Lipinski definition) is 4. The lowest BCUT2D eigenvalue weighted by Crippen LogP contribution is -2.41. The summed E-state index contributed by atoms with van der Waals surface area (Å²) in [5.74, 6) is 2.55. The van der Waals surface area contributed by atoms with Gasteiger partial charge in [-0.1, -0.05) is 24.3 Å². The van der Waals surface area contributed by atoms with E-state index in [0.717, 1.165) is 42.6 Å². The van der Waals surface area contributed by atoms with Crippen molar-refractivity contribution < 1.29 is 4.74 Å². The van der Waals surface area contributed by atoms with Crippen molar-refractivity contribution >= 4 is 35.6 Å². The summed E-state index contributed by atoms with van der Waals surface area (Å²) in [5, 5.41) is 15.2. The van der Waals surface area contributed by atoms with Crippen LogP contribution in [0.5, 0.6) is 5.75 Å². The number of benzene rings is 1. The third-order valence-corrected chi connectivity index (χ3v) is 5.15. The standard InChI is InChI=1S/C20H24N6O.HI/c1-21-19(22-13-18-25-24-17-9-5-6-12-26(17)18)23-14-20(10-11-20)15-7-3-4-8-16(15)27-2;/h3-9,12H,10-11,13-14H2,1-2H3,(H2,21,22,23);1H. The molecule has 1 fully saturated rings. The lowest BCUT2D eigenvalue weighted by molar-refractivity contribution is 0.403. The van der Waals surface area contributed by atoms with Gasteiger partial charge in [0.15, 0.2) is 17.4 Å². The number of para-hydroxylation sites is 1. The minimum atomic E-state index is 0. The van der Waals surface area contributed by atoms with Crippen LogP contribution in [0.1, 0.15) is 24.2 Å². The predicted octanol–water partition coefficient (Wildman–Crippen LogP) is 2.75. The highest BCUT2D eigenvalue weighted by atomic mass is 127. The molecule has 0 radical (unpaired) electrons. The molecule has 1 aliphatic rings. The van der Waals surface area contributed by atoms with Crippen LogP contribution in [0.25, 0.3) is 5.65 Å². The molecular formula is C20H25IN6O. The molecule has 0 atom stereocenters. The lowest BCUT2D eigenvalue weighted by Gasteiger charge is -2.21. The summed E-state index contributed by atoms with van der Waals surface area (Å²) in [5.41, 5.74) is 2.22. The number of pyridine rings is 1. The molecule has 1 aromatic carbocycles. The number of nitrogens with one attached hydrogen (secondary N) is 2. The molecule has 2 aromatic heterocycles. The van der Waals surface area contributed by atoms with Crippen LogP contribution in [0.2, 0.25) is 0 Å². The Balaban J connectivity index is 0.00000225. The van der Waals surface area contributed by atoms with Crippen LogP contribution in [-0.4, -0.2) is 41.3 Å². The van der Waals surface area contributed by atoms with Crippen LogP contribution in [0.3, 0.4) is 0 Å². The normalized spacial score (nSPS) is 15.0. The van der Waals surface area contributed by atoms with E-state index < -0.39 is 0 Å². The van der Waals surface area contributed by atoms with E-state index in [4.69, 9.17) is 4.74 Å². The molecule has 2 N–H and O–H groups in total. The van der Waals surface area contributed by atoms with E-state index >= 15 is 0 Å². The van der Waals surface area contributed by atoms with E-state index in [1.165, 1.54) is 5.56 Å². The van der Waals surface area contributed by atoms with Gasteiger partial charge in [-0.25, -0.2) is 0 Å². The number of nitrogens with zero attached hydrogens (tertiary/aromatic N) is 4. The van der Waals surface area contributed by atoms with Crippen LogP contribution in [-0.2, 0) is 12.0 Å². The molecule has 0 amide bonds. The maximum Gasteiger partial charge on any atom is 0.191 e. The number of halogens is 1. The van der Waals surface area contributed by atoms with Crippen molar-refractivity contribution in [1.29, 1.82) is 0 Å². The van der Waals surface area contributed by atoms with Crippen LogP contribution in [0.15, 0.2) is 53.7 Å². The van der Waals surface area contributed by atoms with Gasteiger partial charge in [-0.3, -0.25) is 9.39 Å². The fourth-order valence-corrected chi connectivity index (χ4v) is 3.42. The molecule has 1 saturated carbocycles. The van der Waals surface area contributed by atoms with Crippen LogP contribution in [0.4, 0.5) is 0 Å². The summed E-state index contributed by atoms with van der Waals surface area (Å²) in [6.07, 6.45) is 4.25. The number of rotatable bonds is 6. The van der Waals surface area contributed by atoms with Gasteiger partial charge in [0.25, 0.3) is 0 Å². The first kappa shape index (κ1) is 20.4. The third kappa shape index (κ3) is 4.06. The number of hydrogen-bond donors (Lipinski definition) is 2. The highest BCUT2D eigenvalue weighted by Crippen LogP contribution is 2.50. The summed E-state index contributed by atoms with van der Waals surface area (Å²) in [6.45, 7) is 1.36. The number of guanidine groups is 1. The zero-order valence-electron chi connectivity index (χ0n) is 16.1. The van der Waals surface area contributed by atoms with Crippen molar-refractivity contribution in [3.8, 4) is 5.75 Å². The molecule has 0 aliphatic heterocycles. The zero-order valence-corrected chi connectivity index (χ0v) is 18.4. The average molecular weight is 492 g/mol. The van der Waals surface area contributed by atoms with E-state index in [9.17, 15) is 0 Å². The van der Waals surface area contributed by atoms with E-state index in [2.05, 4.69) is 38.0 Å². The highest BCUT2D eigenvalue weighted by molar-refractivity contribution is 14.0. The van der Waals surface area contributed by atoms with Crippen LogP contribution >= 0.6 is 24.0 Å². The molecule has 1 aliphatic carbocycles. The molecule has 0 bridgehead atoms. The Labute approximate surface area is 181 Å². The number of fused-ring (bicyclic) bond motifs is 1. The first-order valence-corrected chi connectivity index (χ1v) is 9.12. The summed E-state index contributed by atoms with van der Waals surface area (Å²) >= 11 is 0. The van der Waals surface area contributed by atoms with Gasteiger partial charge in [-0.2, -0.15) is 0 Å². The van der Waals surface area contributed by atoms with Gasteiger partial charge < -0.3 is 15.4 Å². The predicted molar refractivity (Wildman–Crippen MR) is 121 cm³/mol. The minimum absolute atomic E-state index is 0. The van der Waals surface area contributed by atoms with Gasteiger partial charge in [0.1, 0.15) is 5.75 Å². The lowest BCUT2D eigenvalue weighted by atomic mass is 9.95. The van der Waals surface area contributed by atoms with Crippen molar-refractivity contribution in [2.45, 2.75) is 24.8 Å². The molecule has 4 rings (SSSR count). The molecule has 28 heavy (non-hydrogen) atoms. The number of methoxy groups -OCH3 is 1. The van der Waals surface area contributed by atoms with Gasteiger partial charge in [0, 0.05) is 30.8 Å². The Morgan fingerprint density at radius 1 is 1.14 bits per heavy atom. The van der Waals surface area contributed by atoms with Crippen LogP contribution in [0, 0.1) is 0 Å². The largest absolute Gasteiger partial charge is 0.496 e. The minimum Gasteiger partial charge on any atom is -0.496 e. The molecule has 7 nitrogen and oxygen atoms in total. The van der Waals surface area contributed by atoms with E-state index in [1.807, 2.05) is 40.9 Å². The van der Waals surface area contributed by atoms with Crippen molar-refractivity contribution in [2.24, 2.45) is 4.99 Å². The second-order valence-electron chi connectivity index (χ2n) is 6.81. The number of ether oxygens (including phenoxy) is 1. The van der Waals surface area contributed by atoms with Crippen molar-refractivity contribution in [2.75, 3.05) is 20.7 Å². The van der Waals surface area contributed by atoms with Gasteiger partial charge >= 0.3 is 0 Å². The Morgan fingerprint density at radius 3 is 2.68 bits per heavy atom. The number of aliphatic imine (C=N–C) groups is 1. The van der Waals surface area contributed by atoms with E-state index in [1.54, 1.807) is 14.2 Å². The Kier molecular flexibility index (Phi) is 6.38. The second kappa shape index (κ2) is 8.76. The van der Waals surface area contributed by atoms with Crippen molar-refractivity contribution in [3.63, 3.8) is 0 Å². The quantitative estimate of drug-likeness (QED) is 0.315. The van der Waals surface area contributed by atoms with E-state index in [-0.39, 0.29) is 29.4 Å². The summed E-state index contributed by atoms with van der Waals surface area (Å²) in [4.78, 5) is 4.34. The van der Waals surface area contributed by atoms with Gasteiger partial charge in [-0.15, -0.1) is 34.2 Å². The summed E-state index contributed by atoms with van der Waals surface area (Å²) < 4.78 is 7.52. The maximum atomic E-state index is 5.55. The van der Waals surface area contributed by atoms with Gasteiger partial charge in [-0.05, 0) is 31.0 Å². The molecule has 2 heterocycles. The first-order valence-electron chi connectivity index (χ1n) is 9.12. The average Bonchev–Trinajstić information content (AvgIpc) is 3.40. The summed E-state index contributed by atoms with van der Waals surface area (Å²) in [7, 11) is 3.51. The number of aromatic nitrogens is 3. The molecule has 0 spiro atoms. The molecule has 0 saturated heterocycles. The second-order valence-corrected chi connectivity index (χ2v) is 6.81. The van der Waals surface area contributed by atoms with Crippen LogP contribution < -0.4 is 15.4 Å². The van der Waals surface area contributed by atoms with Crippen molar-refractivity contribution in [3.05, 3.63) is 60.0 Å². The van der Waals surface area contributed by atoms with E-state index in [0.29, 0.717) is 6.54 Å². The molecule has 8 heteroatoms. The Morgan fingerprint density at radius 2 is 1.93 bits per heavy atom.